The lowest BCUT2D eigenvalue weighted by Gasteiger charge is -2.36. The Kier molecular flexibility index (Phi) is 6.42. The first kappa shape index (κ1) is 19.2. The van der Waals surface area contributed by atoms with Crippen LogP contribution >= 0.6 is 0 Å². The number of nitrogens with zero attached hydrogens (tertiary/aromatic N) is 4. The number of anilines is 1. The Morgan fingerprint density at radius 2 is 1.61 bits per heavy atom. The van der Waals surface area contributed by atoms with Crippen molar-refractivity contribution in [2.24, 2.45) is 0 Å². The van der Waals surface area contributed by atoms with Crippen molar-refractivity contribution in [2.45, 2.75) is 45.4 Å². The third-order valence-corrected chi connectivity index (χ3v) is 5.86. The van der Waals surface area contributed by atoms with Gasteiger partial charge in [0.25, 0.3) is 0 Å². The highest BCUT2D eigenvalue weighted by Gasteiger charge is 2.17. The van der Waals surface area contributed by atoms with E-state index in [1.165, 1.54) is 30.6 Å². The molecule has 0 bridgehead atoms. The summed E-state index contributed by atoms with van der Waals surface area (Å²) in [6.45, 7) is 8.42. The molecule has 5 nitrogen and oxygen atoms in total. The minimum Gasteiger partial charge on any atom is -0.476 e. The Morgan fingerprint density at radius 3 is 2.36 bits per heavy atom. The van der Waals surface area contributed by atoms with Crippen molar-refractivity contribution in [3.63, 3.8) is 0 Å². The minimum atomic E-state index is 0.734. The van der Waals surface area contributed by atoms with Crippen molar-refractivity contribution in [3.05, 3.63) is 47.4 Å². The van der Waals surface area contributed by atoms with Crippen molar-refractivity contribution in [2.75, 3.05) is 44.2 Å². The molecule has 1 aliphatic carbocycles. The highest BCUT2D eigenvalue weighted by molar-refractivity contribution is 5.46. The van der Waals surface area contributed by atoms with Gasteiger partial charge in [-0.1, -0.05) is 18.2 Å². The summed E-state index contributed by atoms with van der Waals surface area (Å²) in [6, 6.07) is 10.7. The van der Waals surface area contributed by atoms with Gasteiger partial charge in [0.15, 0.2) is 0 Å². The van der Waals surface area contributed by atoms with Gasteiger partial charge in [0.1, 0.15) is 0 Å². The maximum atomic E-state index is 5.97. The van der Waals surface area contributed by atoms with Gasteiger partial charge in [0.2, 0.25) is 5.88 Å². The van der Waals surface area contributed by atoms with Crippen LogP contribution in [0.1, 0.15) is 42.8 Å². The van der Waals surface area contributed by atoms with Crippen LogP contribution in [0.15, 0.2) is 30.3 Å². The smallest absolute Gasteiger partial charge is 0.235 e. The molecule has 0 spiro atoms. The summed E-state index contributed by atoms with van der Waals surface area (Å²) in [4.78, 5) is 14.5. The molecule has 4 rings (SSSR count). The normalized spacial score (nSPS) is 17.4. The lowest BCUT2D eigenvalue weighted by atomic mass is 10.0. The molecule has 1 aromatic carbocycles. The zero-order valence-electron chi connectivity index (χ0n) is 17.1. The van der Waals surface area contributed by atoms with E-state index < -0.39 is 0 Å². The number of unbranched alkanes of at least 4 members (excludes halogenated alkanes) is 1. The van der Waals surface area contributed by atoms with Crippen LogP contribution in [0.25, 0.3) is 0 Å². The molecular weight excluding hydrogens is 348 g/mol. The topological polar surface area (TPSA) is 41.5 Å². The number of benzene rings is 1. The first-order valence-electron chi connectivity index (χ1n) is 10.8. The third kappa shape index (κ3) is 4.82. The van der Waals surface area contributed by atoms with Crippen LogP contribution in [0.3, 0.4) is 0 Å². The minimum absolute atomic E-state index is 0.734. The van der Waals surface area contributed by atoms with Gasteiger partial charge in [-0.15, -0.1) is 0 Å². The van der Waals surface area contributed by atoms with Crippen molar-refractivity contribution < 1.29 is 4.74 Å². The lowest BCUT2D eigenvalue weighted by Crippen LogP contribution is -2.46. The summed E-state index contributed by atoms with van der Waals surface area (Å²) < 4.78 is 5.97. The summed E-state index contributed by atoms with van der Waals surface area (Å²) in [5.41, 5.74) is 4.63. The van der Waals surface area contributed by atoms with Gasteiger partial charge in [0, 0.05) is 31.9 Å². The number of aromatic nitrogens is 2. The predicted octanol–water partition coefficient (Wildman–Crippen LogP) is 3.65. The van der Waals surface area contributed by atoms with Crippen LogP contribution < -0.4 is 9.64 Å². The number of aryl methyl sites for hydroxylation is 3. The molecule has 28 heavy (non-hydrogen) atoms. The lowest BCUT2D eigenvalue weighted by molar-refractivity contribution is 0.235. The highest BCUT2D eigenvalue weighted by atomic mass is 16.5. The van der Waals surface area contributed by atoms with E-state index in [-0.39, 0.29) is 0 Å². The van der Waals surface area contributed by atoms with Gasteiger partial charge in [-0.05, 0) is 64.1 Å². The molecule has 0 saturated carbocycles. The second-order valence-corrected chi connectivity index (χ2v) is 7.93. The molecule has 0 radical (unpaired) electrons. The average Bonchev–Trinajstić information content (AvgIpc) is 2.75. The molecule has 1 aromatic heterocycles. The van der Waals surface area contributed by atoms with Crippen LogP contribution in [-0.2, 0) is 12.8 Å². The van der Waals surface area contributed by atoms with Crippen molar-refractivity contribution in [3.8, 4) is 5.88 Å². The van der Waals surface area contributed by atoms with Crippen molar-refractivity contribution >= 4 is 5.69 Å². The number of piperazine rings is 1. The second kappa shape index (κ2) is 9.37. The highest BCUT2D eigenvalue weighted by Crippen LogP contribution is 2.22. The number of hydrogen-bond donors (Lipinski definition) is 0. The van der Waals surface area contributed by atoms with E-state index in [1.54, 1.807) is 0 Å². The summed E-state index contributed by atoms with van der Waals surface area (Å²) in [5, 5.41) is 0. The molecule has 2 aromatic rings. The van der Waals surface area contributed by atoms with Crippen molar-refractivity contribution in [1.82, 2.24) is 14.9 Å². The molecule has 0 atom stereocenters. The Bertz CT molecular complexity index is 757. The zero-order valence-corrected chi connectivity index (χ0v) is 17.1. The number of hydrogen-bond acceptors (Lipinski definition) is 5. The van der Waals surface area contributed by atoms with Gasteiger partial charge in [-0.3, -0.25) is 9.88 Å². The summed E-state index contributed by atoms with van der Waals surface area (Å²) in [5.74, 6) is 0.747. The second-order valence-electron chi connectivity index (χ2n) is 7.93. The van der Waals surface area contributed by atoms with E-state index in [4.69, 9.17) is 14.7 Å². The van der Waals surface area contributed by atoms with Crippen LogP contribution in [0.4, 0.5) is 5.69 Å². The first-order chi connectivity index (χ1) is 13.8. The molecule has 0 unspecified atom stereocenters. The Balaban J connectivity index is 1.15. The quantitative estimate of drug-likeness (QED) is 0.686. The van der Waals surface area contributed by atoms with Crippen LogP contribution in [-0.4, -0.2) is 54.2 Å². The fraction of sp³-hybridized carbons (Fsp3) is 0.565. The Morgan fingerprint density at radius 1 is 0.893 bits per heavy atom. The van der Waals surface area contributed by atoms with E-state index in [2.05, 4.69) is 40.1 Å². The molecule has 5 heteroatoms. The van der Waals surface area contributed by atoms with Crippen LogP contribution in [0.5, 0.6) is 5.88 Å². The van der Waals surface area contributed by atoms with E-state index in [0.717, 1.165) is 75.9 Å². The zero-order chi connectivity index (χ0) is 19.2. The molecule has 1 aliphatic heterocycles. The maximum absolute atomic E-state index is 5.97. The van der Waals surface area contributed by atoms with Gasteiger partial charge in [0.05, 0.1) is 23.7 Å². The average molecular weight is 381 g/mol. The largest absolute Gasteiger partial charge is 0.476 e. The number of para-hydroxylation sites is 1. The molecule has 2 heterocycles. The molecule has 150 valence electrons. The number of fused-ring (bicyclic) bond motifs is 1. The van der Waals surface area contributed by atoms with Gasteiger partial charge < -0.3 is 9.64 Å². The predicted molar refractivity (Wildman–Crippen MR) is 113 cm³/mol. The standard InChI is InChI=1S/C23H32N4O/c1-19-23(25-22-12-6-5-11-21(22)24-19)28-18-8-7-13-26-14-16-27(17-15-26)20-9-3-2-4-10-20/h2-4,9-10H,5-8,11-18H2,1H3. The Labute approximate surface area is 168 Å². The fourth-order valence-electron chi connectivity index (χ4n) is 4.18. The third-order valence-electron chi connectivity index (χ3n) is 5.86. The molecular formula is C23H32N4O. The van der Waals surface area contributed by atoms with Gasteiger partial charge >= 0.3 is 0 Å². The monoisotopic (exact) mass is 380 g/mol. The first-order valence-corrected chi connectivity index (χ1v) is 10.8. The summed E-state index contributed by atoms with van der Waals surface area (Å²) >= 11 is 0. The SMILES string of the molecule is Cc1nc2c(nc1OCCCCN1CCN(c3ccccc3)CC1)CCCC2. The van der Waals surface area contributed by atoms with E-state index in [1.807, 2.05) is 6.92 Å². The summed E-state index contributed by atoms with van der Waals surface area (Å²) in [7, 11) is 0. The van der Waals surface area contributed by atoms with Crippen LogP contribution in [0, 0.1) is 6.92 Å². The van der Waals surface area contributed by atoms with Crippen molar-refractivity contribution in [1.29, 1.82) is 0 Å². The molecule has 0 amide bonds. The van der Waals surface area contributed by atoms with E-state index in [0.29, 0.717) is 0 Å². The van der Waals surface area contributed by atoms with Gasteiger partial charge in [-0.2, -0.15) is 0 Å². The number of rotatable bonds is 7. The molecule has 1 fully saturated rings. The maximum Gasteiger partial charge on any atom is 0.235 e. The van der Waals surface area contributed by atoms with E-state index in [9.17, 15) is 0 Å². The molecule has 1 saturated heterocycles. The van der Waals surface area contributed by atoms with Gasteiger partial charge in [-0.25, -0.2) is 4.98 Å². The molecule has 0 N–H and O–H groups in total. The summed E-state index contributed by atoms with van der Waals surface area (Å²) in [6.07, 6.45) is 6.82. The molecule has 2 aliphatic rings. The van der Waals surface area contributed by atoms with E-state index >= 15 is 0 Å². The number of ether oxygens (including phenoxy) is 1. The fourth-order valence-corrected chi connectivity index (χ4v) is 4.18. The Hall–Kier alpha value is -2.14. The van der Waals surface area contributed by atoms with Crippen LogP contribution in [0.2, 0.25) is 0 Å².